The Morgan fingerprint density at radius 3 is 2.52 bits per heavy atom. The van der Waals surface area contributed by atoms with Crippen LogP contribution in [-0.2, 0) is 6.54 Å². The van der Waals surface area contributed by atoms with E-state index in [-0.39, 0.29) is 11.8 Å². The van der Waals surface area contributed by atoms with Crippen molar-refractivity contribution in [2.45, 2.75) is 46.3 Å². The molecule has 3 rings (SSSR count). The second kappa shape index (κ2) is 6.07. The first kappa shape index (κ1) is 15.6. The van der Waals surface area contributed by atoms with E-state index in [1.807, 2.05) is 32.0 Å². The number of nitrogens with zero attached hydrogens (tertiary/aromatic N) is 1. The Hall–Kier alpha value is -2.29. The monoisotopic (exact) mass is 308 g/mol. The molecule has 0 aromatic heterocycles. The van der Waals surface area contributed by atoms with E-state index in [9.17, 15) is 4.79 Å². The molecular formula is C20H24N2O. The zero-order chi connectivity index (χ0) is 16.6. The molecular weight excluding hydrogens is 284 g/mol. The summed E-state index contributed by atoms with van der Waals surface area (Å²) < 4.78 is 0. The quantitative estimate of drug-likeness (QED) is 0.908. The Morgan fingerprint density at radius 2 is 1.87 bits per heavy atom. The number of aryl methyl sites for hydroxylation is 1. The fraction of sp³-hybridized carbons (Fsp3) is 0.350. The molecule has 1 aliphatic rings. The molecule has 0 saturated carbocycles. The van der Waals surface area contributed by atoms with Gasteiger partial charge in [-0.2, -0.15) is 0 Å². The van der Waals surface area contributed by atoms with Crippen molar-refractivity contribution in [3.05, 3.63) is 59.2 Å². The van der Waals surface area contributed by atoms with Gasteiger partial charge in [-0.05, 0) is 51.0 Å². The van der Waals surface area contributed by atoms with Gasteiger partial charge in [0.25, 0.3) is 0 Å². The standard InChI is InChI=1S/C20H24N2O/c1-13(2)22-15(4)20(23)19-14(3)10-17(11-18(19)22)21-12-16-8-6-5-7-9-16/h5-11,13,15,21H,12H2,1-4H3. The highest BCUT2D eigenvalue weighted by atomic mass is 16.1. The molecule has 3 nitrogen and oxygen atoms in total. The van der Waals surface area contributed by atoms with Crippen molar-refractivity contribution in [1.29, 1.82) is 0 Å². The van der Waals surface area contributed by atoms with E-state index >= 15 is 0 Å². The first-order chi connectivity index (χ1) is 11.0. The maximum absolute atomic E-state index is 12.6. The Kier molecular flexibility index (Phi) is 4.12. The third-order valence-corrected chi connectivity index (χ3v) is 4.53. The molecule has 1 N–H and O–H groups in total. The minimum atomic E-state index is -0.0759. The molecule has 0 bridgehead atoms. The van der Waals surface area contributed by atoms with Crippen molar-refractivity contribution in [2.24, 2.45) is 0 Å². The smallest absolute Gasteiger partial charge is 0.187 e. The fourth-order valence-electron chi connectivity index (χ4n) is 3.46. The molecule has 0 amide bonds. The number of carbonyl (C=O) groups excluding carboxylic acids is 1. The summed E-state index contributed by atoms with van der Waals surface area (Å²) in [7, 11) is 0. The summed E-state index contributed by atoms with van der Waals surface area (Å²) in [6, 6.07) is 14.8. The Balaban J connectivity index is 1.91. The van der Waals surface area contributed by atoms with Crippen LogP contribution in [0.5, 0.6) is 0 Å². The lowest BCUT2D eigenvalue weighted by Crippen LogP contribution is -2.38. The lowest BCUT2D eigenvalue weighted by Gasteiger charge is -2.28. The molecule has 0 radical (unpaired) electrons. The van der Waals surface area contributed by atoms with Gasteiger partial charge in [-0.25, -0.2) is 0 Å². The summed E-state index contributed by atoms with van der Waals surface area (Å²) >= 11 is 0. The molecule has 0 saturated heterocycles. The Bertz CT molecular complexity index is 722. The van der Waals surface area contributed by atoms with Crippen molar-refractivity contribution in [3.63, 3.8) is 0 Å². The second-order valence-corrected chi connectivity index (χ2v) is 6.57. The Labute approximate surface area is 138 Å². The number of ketones is 1. The van der Waals surface area contributed by atoms with Crippen LogP contribution in [0.3, 0.4) is 0 Å². The molecule has 23 heavy (non-hydrogen) atoms. The van der Waals surface area contributed by atoms with Crippen LogP contribution in [0.1, 0.15) is 42.3 Å². The van der Waals surface area contributed by atoms with Gasteiger partial charge in [0.1, 0.15) is 0 Å². The van der Waals surface area contributed by atoms with E-state index in [2.05, 4.69) is 48.3 Å². The van der Waals surface area contributed by atoms with Crippen molar-refractivity contribution in [1.82, 2.24) is 0 Å². The summed E-state index contributed by atoms with van der Waals surface area (Å²) in [6.07, 6.45) is 0. The number of fused-ring (bicyclic) bond motifs is 1. The topological polar surface area (TPSA) is 32.3 Å². The minimum Gasteiger partial charge on any atom is -0.381 e. The fourth-order valence-corrected chi connectivity index (χ4v) is 3.46. The highest BCUT2D eigenvalue weighted by Crippen LogP contribution is 2.38. The van der Waals surface area contributed by atoms with Gasteiger partial charge in [-0.3, -0.25) is 4.79 Å². The zero-order valence-corrected chi connectivity index (χ0v) is 14.3. The maximum atomic E-state index is 12.6. The molecule has 120 valence electrons. The van der Waals surface area contributed by atoms with Crippen molar-refractivity contribution < 1.29 is 4.79 Å². The van der Waals surface area contributed by atoms with E-state index in [1.54, 1.807) is 0 Å². The van der Waals surface area contributed by atoms with Gasteiger partial charge in [0.2, 0.25) is 0 Å². The number of hydrogen-bond donors (Lipinski definition) is 1. The molecule has 1 unspecified atom stereocenters. The van der Waals surface area contributed by atoms with E-state index < -0.39 is 0 Å². The molecule has 2 aromatic carbocycles. The minimum absolute atomic E-state index is 0.0759. The Morgan fingerprint density at radius 1 is 1.17 bits per heavy atom. The van der Waals surface area contributed by atoms with Crippen molar-refractivity contribution >= 4 is 17.2 Å². The molecule has 1 atom stereocenters. The second-order valence-electron chi connectivity index (χ2n) is 6.57. The van der Waals surface area contributed by atoms with Crippen LogP contribution in [0.2, 0.25) is 0 Å². The van der Waals surface area contributed by atoms with E-state index in [0.29, 0.717) is 6.04 Å². The van der Waals surface area contributed by atoms with Crippen molar-refractivity contribution in [2.75, 3.05) is 10.2 Å². The molecule has 1 heterocycles. The van der Waals surface area contributed by atoms with Gasteiger partial charge in [0.15, 0.2) is 5.78 Å². The summed E-state index contributed by atoms with van der Waals surface area (Å²) in [5.74, 6) is 0.237. The van der Waals surface area contributed by atoms with E-state index in [4.69, 9.17) is 0 Å². The number of rotatable bonds is 4. The SMILES string of the molecule is Cc1cc(NCc2ccccc2)cc2c1C(=O)C(C)N2C(C)C. The van der Waals surface area contributed by atoms with E-state index in [0.717, 1.165) is 29.0 Å². The average molecular weight is 308 g/mol. The summed E-state index contributed by atoms with van der Waals surface area (Å²) in [6.45, 7) is 9.08. The van der Waals surface area contributed by atoms with Gasteiger partial charge in [-0.1, -0.05) is 30.3 Å². The van der Waals surface area contributed by atoms with Crippen LogP contribution in [0, 0.1) is 6.92 Å². The van der Waals surface area contributed by atoms with Crippen LogP contribution in [0.4, 0.5) is 11.4 Å². The van der Waals surface area contributed by atoms with Crippen LogP contribution in [0.25, 0.3) is 0 Å². The molecule has 0 fully saturated rings. The number of anilines is 2. The lowest BCUT2D eigenvalue weighted by atomic mass is 10.0. The molecule has 0 aliphatic carbocycles. The third kappa shape index (κ3) is 2.83. The number of benzene rings is 2. The summed E-state index contributed by atoms with van der Waals surface area (Å²) in [5, 5.41) is 3.48. The number of hydrogen-bond acceptors (Lipinski definition) is 3. The van der Waals surface area contributed by atoms with E-state index in [1.165, 1.54) is 5.56 Å². The molecule has 0 spiro atoms. The van der Waals surface area contributed by atoms with Crippen molar-refractivity contribution in [3.8, 4) is 0 Å². The number of nitrogens with one attached hydrogen (secondary N) is 1. The first-order valence-corrected chi connectivity index (χ1v) is 8.24. The summed E-state index contributed by atoms with van der Waals surface area (Å²) in [5.41, 5.74) is 5.32. The van der Waals surface area contributed by atoms with Crippen LogP contribution in [0.15, 0.2) is 42.5 Å². The van der Waals surface area contributed by atoms with Crippen LogP contribution in [-0.4, -0.2) is 17.9 Å². The van der Waals surface area contributed by atoms with Crippen LogP contribution >= 0.6 is 0 Å². The predicted octanol–water partition coefficient (Wildman–Crippen LogP) is 4.41. The maximum Gasteiger partial charge on any atom is 0.187 e. The van der Waals surface area contributed by atoms with Gasteiger partial charge < -0.3 is 10.2 Å². The lowest BCUT2D eigenvalue weighted by molar-refractivity contribution is 0.0974. The molecule has 3 heteroatoms. The number of Topliss-reactive ketones (excluding diaryl/α,β-unsaturated/α-hetero) is 1. The number of carbonyl (C=O) groups is 1. The molecule has 2 aromatic rings. The largest absolute Gasteiger partial charge is 0.381 e. The zero-order valence-electron chi connectivity index (χ0n) is 14.3. The van der Waals surface area contributed by atoms with Gasteiger partial charge in [-0.15, -0.1) is 0 Å². The highest BCUT2D eigenvalue weighted by Gasteiger charge is 2.36. The highest BCUT2D eigenvalue weighted by molar-refractivity contribution is 6.12. The van der Waals surface area contributed by atoms with Gasteiger partial charge in [0, 0.05) is 23.8 Å². The van der Waals surface area contributed by atoms with Gasteiger partial charge >= 0.3 is 0 Å². The van der Waals surface area contributed by atoms with Crippen LogP contribution < -0.4 is 10.2 Å². The molecule has 1 aliphatic heterocycles. The third-order valence-electron chi connectivity index (χ3n) is 4.53. The summed E-state index contributed by atoms with van der Waals surface area (Å²) in [4.78, 5) is 14.8. The van der Waals surface area contributed by atoms with Gasteiger partial charge in [0.05, 0.1) is 11.7 Å². The first-order valence-electron chi connectivity index (χ1n) is 8.24. The predicted molar refractivity (Wildman–Crippen MR) is 96.4 cm³/mol. The normalized spacial score (nSPS) is 16.8. The average Bonchev–Trinajstić information content (AvgIpc) is 2.78.